The highest BCUT2D eigenvalue weighted by atomic mass is 127. The van der Waals surface area contributed by atoms with Crippen LogP contribution in [0.3, 0.4) is 0 Å². The lowest BCUT2D eigenvalue weighted by Crippen LogP contribution is -2.19. The zero-order valence-corrected chi connectivity index (χ0v) is 12.1. The van der Waals surface area contributed by atoms with E-state index in [4.69, 9.17) is 0 Å². The van der Waals surface area contributed by atoms with Gasteiger partial charge in [-0.15, -0.1) is 0 Å². The number of benzene rings is 1. The molecule has 0 bridgehead atoms. The fourth-order valence-corrected chi connectivity index (χ4v) is 2.62. The number of imidazole rings is 1. The quantitative estimate of drug-likeness (QED) is 0.636. The maximum Gasteiger partial charge on any atom is 0.332 e. The fraction of sp³-hybridized carbons (Fsp3) is 0.0833. The number of halogens is 1. The minimum atomic E-state index is -0.372. The maximum absolute atomic E-state index is 12.1. The zero-order chi connectivity index (χ0) is 13.6. The highest BCUT2D eigenvalue weighted by Gasteiger charge is 2.15. The number of aromatic amines is 2. The van der Waals surface area contributed by atoms with Gasteiger partial charge >= 0.3 is 5.69 Å². The molecule has 2 N–H and O–H groups in total. The normalized spacial score (nSPS) is 11.1. The van der Waals surface area contributed by atoms with E-state index in [0.717, 1.165) is 3.57 Å². The van der Waals surface area contributed by atoms with Gasteiger partial charge in [0.05, 0.1) is 5.69 Å². The summed E-state index contributed by atoms with van der Waals surface area (Å²) in [6.45, 7) is 1.67. The lowest BCUT2D eigenvalue weighted by atomic mass is 10.3. The average molecular weight is 368 g/mol. The number of rotatable bonds is 1. The summed E-state index contributed by atoms with van der Waals surface area (Å²) in [5, 5.41) is 0. The van der Waals surface area contributed by atoms with Crippen LogP contribution >= 0.6 is 22.6 Å². The van der Waals surface area contributed by atoms with Crippen molar-refractivity contribution in [2.45, 2.75) is 6.92 Å². The second-order valence-corrected chi connectivity index (χ2v) is 5.23. The minimum Gasteiger partial charge on any atom is -0.309 e. The standard InChI is InChI=1S/C12H9IN4O2/c1-6-14-10-9(11(18)15-6)17(12(19)16-10)8-5-3-2-4-7(8)13/h2-5H,1H3,(H2,14,15,16,18,19). The van der Waals surface area contributed by atoms with Gasteiger partial charge in [-0.25, -0.2) is 9.78 Å². The van der Waals surface area contributed by atoms with Crippen molar-refractivity contribution in [3.05, 3.63) is 54.5 Å². The topological polar surface area (TPSA) is 83.5 Å². The van der Waals surface area contributed by atoms with Gasteiger partial charge in [0.1, 0.15) is 5.82 Å². The largest absolute Gasteiger partial charge is 0.332 e. The molecular weight excluding hydrogens is 359 g/mol. The van der Waals surface area contributed by atoms with Crippen molar-refractivity contribution in [3.63, 3.8) is 0 Å². The van der Waals surface area contributed by atoms with Crippen molar-refractivity contribution in [2.75, 3.05) is 0 Å². The van der Waals surface area contributed by atoms with Crippen LogP contribution in [0.1, 0.15) is 5.82 Å². The van der Waals surface area contributed by atoms with Gasteiger partial charge in [-0.3, -0.25) is 14.3 Å². The number of hydrogen-bond donors (Lipinski definition) is 2. The molecule has 0 unspecified atom stereocenters. The molecule has 0 atom stereocenters. The molecule has 2 heterocycles. The third-order valence-corrected chi connectivity index (χ3v) is 3.67. The highest BCUT2D eigenvalue weighted by molar-refractivity contribution is 14.1. The SMILES string of the molecule is Cc1nc2[nH]c(=O)n(-c3ccccc3I)c2c(=O)[nH]1. The third-order valence-electron chi connectivity index (χ3n) is 2.76. The molecular formula is C12H9IN4O2. The van der Waals surface area contributed by atoms with E-state index in [1.165, 1.54) is 4.57 Å². The number of aromatic nitrogens is 4. The van der Waals surface area contributed by atoms with Crippen LogP contribution in [0.2, 0.25) is 0 Å². The predicted molar refractivity (Wildman–Crippen MR) is 79.8 cm³/mol. The Kier molecular flexibility index (Phi) is 2.77. The number of hydrogen-bond acceptors (Lipinski definition) is 3. The fourth-order valence-electron chi connectivity index (χ4n) is 2.00. The van der Waals surface area contributed by atoms with Gasteiger partial charge in [0.25, 0.3) is 5.56 Å². The Hall–Kier alpha value is -1.90. The molecule has 3 rings (SSSR count). The summed E-state index contributed by atoms with van der Waals surface area (Å²) in [6.07, 6.45) is 0. The van der Waals surface area contributed by atoms with Gasteiger partial charge < -0.3 is 4.98 Å². The van der Waals surface area contributed by atoms with Crippen molar-refractivity contribution >= 4 is 33.8 Å². The Morgan fingerprint density at radius 3 is 2.68 bits per heavy atom. The first-order valence-corrected chi connectivity index (χ1v) is 6.62. The molecule has 0 spiro atoms. The first kappa shape index (κ1) is 12.2. The first-order valence-electron chi connectivity index (χ1n) is 5.54. The van der Waals surface area contributed by atoms with E-state index in [1.807, 2.05) is 18.2 Å². The number of para-hydroxylation sites is 1. The van der Waals surface area contributed by atoms with Gasteiger partial charge in [0, 0.05) is 3.57 Å². The summed E-state index contributed by atoms with van der Waals surface area (Å²) in [4.78, 5) is 33.5. The van der Waals surface area contributed by atoms with E-state index in [-0.39, 0.29) is 16.8 Å². The van der Waals surface area contributed by atoms with Crippen molar-refractivity contribution < 1.29 is 0 Å². The summed E-state index contributed by atoms with van der Waals surface area (Å²) < 4.78 is 2.23. The molecule has 0 saturated carbocycles. The summed E-state index contributed by atoms with van der Waals surface area (Å²) >= 11 is 2.12. The van der Waals surface area contributed by atoms with E-state index >= 15 is 0 Å². The smallest absolute Gasteiger partial charge is 0.309 e. The number of nitrogens with one attached hydrogen (secondary N) is 2. The minimum absolute atomic E-state index is 0.236. The van der Waals surface area contributed by atoms with Crippen LogP contribution in [0.25, 0.3) is 16.9 Å². The molecule has 0 aliphatic heterocycles. The number of aryl methyl sites for hydroxylation is 1. The Balaban J connectivity index is 2.50. The van der Waals surface area contributed by atoms with Crippen molar-refractivity contribution in [1.82, 2.24) is 19.5 Å². The zero-order valence-electron chi connectivity index (χ0n) is 9.90. The predicted octanol–water partition coefficient (Wildman–Crippen LogP) is 1.32. The second kappa shape index (κ2) is 4.34. The lowest BCUT2D eigenvalue weighted by molar-refractivity contribution is 0.996. The van der Waals surface area contributed by atoms with Crippen LogP contribution in [-0.2, 0) is 0 Å². The molecule has 2 aromatic heterocycles. The monoisotopic (exact) mass is 368 g/mol. The van der Waals surface area contributed by atoms with Crippen LogP contribution < -0.4 is 11.2 Å². The Bertz CT molecular complexity index is 891. The molecule has 0 aliphatic carbocycles. The van der Waals surface area contributed by atoms with Gasteiger partial charge in [0.15, 0.2) is 11.2 Å². The summed E-state index contributed by atoms with van der Waals surface area (Å²) in [6, 6.07) is 7.35. The molecule has 0 aliphatic rings. The molecule has 7 heteroatoms. The van der Waals surface area contributed by atoms with Crippen molar-refractivity contribution in [3.8, 4) is 5.69 Å². The van der Waals surface area contributed by atoms with Crippen LogP contribution in [-0.4, -0.2) is 19.5 Å². The molecule has 0 amide bonds. The third kappa shape index (κ3) is 1.89. The molecule has 96 valence electrons. The van der Waals surface area contributed by atoms with E-state index in [9.17, 15) is 9.59 Å². The summed E-state index contributed by atoms with van der Waals surface area (Å²) in [5.74, 6) is 0.466. The van der Waals surface area contributed by atoms with E-state index in [2.05, 4.69) is 37.5 Å². The highest BCUT2D eigenvalue weighted by Crippen LogP contribution is 2.17. The Morgan fingerprint density at radius 2 is 1.95 bits per heavy atom. The van der Waals surface area contributed by atoms with E-state index in [1.54, 1.807) is 13.0 Å². The molecule has 0 radical (unpaired) electrons. The first-order chi connectivity index (χ1) is 9.08. The molecule has 0 saturated heterocycles. The number of fused-ring (bicyclic) bond motifs is 1. The Morgan fingerprint density at radius 1 is 1.21 bits per heavy atom. The molecule has 0 fully saturated rings. The molecule has 6 nitrogen and oxygen atoms in total. The molecule has 3 aromatic rings. The number of nitrogens with zero attached hydrogens (tertiary/aromatic N) is 2. The van der Waals surface area contributed by atoms with Crippen LogP contribution in [0.4, 0.5) is 0 Å². The Labute approximate surface area is 120 Å². The maximum atomic E-state index is 12.1. The van der Waals surface area contributed by atoms with Crippen molar-refractivity contribution in [1.29, 1.82) is 0 Å². The average Bonchev–Trinajstić information content (AvgIpc) is 2.66. The van der Waals surface area contributed by atoms with Gasteiger partial charge in [-0.1, -0.05) is 12.1 Å². The second-order valence-electron chi connectivity index (χ2n) is 4.07. The number of H-pyrrole nitrogens is 2. The lowest BCUT2D eigenvalue weighted by Gasteiger charge is -2.04. The van der Waals surface area contributed by atoms with E-state index < -0.39 is 0 Å². The van der Waals surface area contributed by atoms with Crippen LogP contribution in [0.5, 0.6) is 0 Å². The summed E-state index contributed by atoms with van der Waals surface area (Å²) in [7, 11) is 0. The molecule has 19 heavy (non-hydrogen) atoms. The van der Waals surface area contributed by atoms with Crippen molar-refractivity contribution in [2.24, 2.45) is 0 Å². The van der Waals surface area contributed by atoms with Gasteiger partial charge in [-0.05, 0) is 41.6 Å². The molecule has 1 aromatic carbocycles. The van der Waals surface area contributed by atoms with Crippen LogP contribution in [0.15, 0.2) is 33.9 Å². The van der Waals surface area contributed by atoms with Gasteiger partial charge in [-0.2, -0.15) is 0 Å². The summed E-state index contributed by atoms with van der Waals surface area (Å²) in [5.41, 5.74) is 0.490. The van der Waals surface area contributed by atoms with E-state index in [0.29, 0.717) is 17.2 Å². The van der Waals surface area contributed by atoms with Crippen LogP contribution in [0, 0.1) is 10.5 Å². The van der Waals surface area contributed by atoms with Gasteiger partial charge in [0.2, 0.25) is 0 Å².